The van der Waals surface area contributed by atoms with Gasteiger partial charge in [-0.2, -0.15) is 0 Å². The number of hydrogen-bond donors (Lipinski definition) is 1. The molecule has 1 aromatic carbocycles. The van der Waals surface area contributed by atoms with E-state index in [1.54, 1.807) is 4.90 Å². The molecule has 0 aliphatic heterocycles. The molecule has 0 unspecified atom stereocenters. The molecule has 110 valence electrons. The maximum Gasteiger partial charge on any atom is 0.254 e. The Labute approximate surface area is 127 Å². The summed E-state index contributed by atoms with van der Waals surface area (Å²) in [5.74, 6) is -0.0138. The number of rotatable bonds is 5. The fourth-order valence-electron chi connectivity index (χ4n) is 2.01. The average molecular weight is 292 g/mol. The van der Waals surface area contributed by atoms with Crippen LogP contribution < -0.4 is 5.73 Å². The maximum absolute atomic E-state index is 12.4. The predicted molar refractivity (Wildman–Crippen MR) is 88.1 cm³/mol. The van der Waals surface area contributed by atoms with Crippen LogP contribution in [-0.2, 0) is 5.41 Å². The second-order valence-corrected chi connectivity index (χ2v) is 6.54. The van der Waals surface area contributed by atoms with Gasteiger partial charge in [0.05, 0.1) is 11.5 Å². The molecule has 1 aromatic rings. The number of thiocarbonyl (C=S) groups is 1. The molecule has 2 N–H and O–H groups in total. The van der Waals surface area contributed by atoms with Crippen LogP contribution in [0.15, 0.2) is 24.3 Å². The van der Waals surface area contributed by atoms with Crippen molar-refractivity contribution in [2.75, 3.05) is 13.1 Å². The van der Waals surface area contributed by atoms with E-state index in [2.05, 4.69) is 20.8 Å². The van der Waals surface area contributed by atoms with Crippen molar-refractivity contribution in [2.45, 2.75) is 39.5 Å². The summed E-state index contributed by atoms with van der Waals surface area (Å²) in [6.07, 6.45) is 0.883. The van der Waals surface area contributed by atoms with Gasteiger partial charge in [-0.1, -0.05) is 52.0 Å². The van der Waals surface area contributed by atoms with Crippen LogP contribution >= 0.6 is 12.2 Å². The van der Waals surface area contributed by atoms with Crippen LogP contribution in [0, 0.1) is 0 Å². The molecule has 0 aliphatic carbocycles. The SMILES string of the molecule is CCCN(CC(N)=S)C(=O)c1ccc(C(C)(C)C)cc1. The monoisotopic (exact) mass is 292 g/mol. The molecule has 4 heteroatoms. The van der Waals surface area contributed by atoms with Gasteiger partial charge in [-0.15, -0.1) is 0 Å². The van der Waals surface area contributed by atoms with Crippen LogP contribution in [0.5, 0.6) is 0 Å². The highest BCUT2D eigenvalue weighted by molar-refractivity contribution is 7.80. The molecule has 0 saturated carbocycles. The first-order valence-electron chi connectivity index (χ1n) is 6.94. The van der Waals surface area contributed by atoms with Crippen LogP contribution in [0.1, 0.15) is 50.0 Å². The largest absolute Gasteiger partial charge is 0.392 e. The molecule has 20 heavy (non-hydrogen) atoms. The van der Waals surface area contributed by atoms with Gasteiger partial charge in [0.15, 0.2) is 0 Å². The summed E-state index contributed by atoms with van der Waals surface area (Å²) in [7, 11) is 0. The van der Waals surface area contributed by atoms with E-state index in [4.69, 9.17) is 18.0 Å². The van der Waals surface area contributed by atoms with Crippen molar-refractivity contribution in [3.63, 3.8) is 0 Å². The predicted octanol–water partition coefficient (Wildman–Crippen LogP) is 3.12. The molecule has 0 bridgehead atoms. The fourth-order valence-corrected chi connectivity index (χ4v) is 2.16. The summed E-state index contributed by atoms with van der Waals surface area (Å²) in [6, 6.07) is 7.78. The van der Waals surface area contributed by atoms with Crippen molar-refractivity contribution < 1.29 is 4.79 Å². The summed E-state index contributed by atoms with van der Waals surface area (Å²) >= 11 is 4.91. The number of hydrogen-bond acceptors (Lipinski definition) is 2. The third-order valence-electron chi connectivity index (χ3n) is 3.13. The highest BCUT2D eigenvalue weighted by atomic mass is 32.1. The molecule has 0 spiro atoms. The second-order valence-electron chi connectivity index (χ2n) is 6.02. The van der Waals surface area contributed by atoms with E-state index in [1.807, 2.05) is 31.2 Å². The number of benzene rings is 1. The molecule has 0 radical (unpaired) electrons. The van der Waals surface area contributed by atoms with Crippen LogP contribution in [-0.4, -0.2) is 28.9 Å². The van der Waals surface area contributed by atoms with Gasteiger partial charge in [0.1, 0.15) is 0 Å². The number of nitrogens with zero attached hydrogens (tertiary/aromatic N) is 1. The van der Waals surface area contributed by atoms with Gasteiger partial charge < -0.3 is 10.6 Å². The number of carbonyl (C=O) groups is 1. The Morgan fingerprint density at radius 1 is 1.25 bits per heavy atom. The van der Waals surface area contributed by atoms with Gasteiger partial charge in [-0.3, -0.25) is 4.79 Å². The van der Waals surface area contributed by atoms with Gasteiger partial charge in [-0.25, -0.2) is 0 Å². The van der Waals surface area contributed by atoms with Crippen molar-refractivity contribution in [2.24, 2.45) is 5.73 Å². The fraction of sp³-hybridized carbons (Fsp3) is 0.500. The third-order valence-corrected chi connectivity index (χ3v) is 3.25. The molecule has 0 aliphatic rings. The molecule has 3 nitrogen and oxygen atoms in total. The Hall–Kier alpha value is -1.42. The molecule has 1 rings (SSSR count). The van der Waals surface area contributed by atoms with Crippen molar-refractivity contribution in [3.05, 3.63) is 35.4 Å². The highest BCUT2D eigenvalue weighted by Crippen LogP contribution is 2.22. The van der Waals surface area contributed by atoms with Crippen LogP contribution in [0.4, 0.5) is 0 Å². The van der Waals surface area contributed by atoms with E-state index in [1.165, 1.54) is 5.56 Å². The van der Waals surface area contributed by atoms with Crippen molar-refractivity contribution in [3.8, 4) is 0 Å². The normalized spacial score (nSPS) is 11.2. The molecule has 0 heterocycles. The first-order valence-corrected chi connectivity index (χ1v) is 7.34. The molecule has 0 aromatic heterocycles. The van der Waals surface area contributed by atoms with Crippen molar-refractivity contribution >= 4 is 23.1 Å². The lowest BCUT2D eigenvalue weighted by molar-refractivity contribution is 0.0780. The van der Waals surface area contributed by atoms with E-state index >= 15 is 0 Å². The molecular weight excluding hydrogens is 268 g/mol. The summed E-state index contributed by atoms with van der Waals surface area (Å²) in [4.78, 5) is 14.5. The van der Waals surface area contributed by atoms with Gasteiger partial charge in [0, 0.05) is 12.1 Å². The zero-order chi connectivity index (χ0) is 15.3. The molecule has 0 atom stereocenters. The van der Waals surface area contributed by atoms with Crippen LogP contribution in [0.25, 0.3) is 0 Å². The topological polar surface area (TPSA) is 46.3 Å². The van der Waals surface area contributed by atoms with Gasteiger partial charge in [0.25, 0.3) is 5.91 Å². The lowest BCUT2D eigenvalue weighted by Gasteiger charge is -2.23. The Bertz CT molecular complexity index is 474. The van der Waals surface area contributed by atoms with Crippen molar-refractivity contribution in [1.82, 2.24) is 4.90 Å². The van der Waals surface area contributed by atoms with E-state index in [9.17, 15) is 4.79 Å². The molecule has 1 amide bonds. The minimum atomic E-state index is -0.0138. The smallest absolute Gasteiger partial charge is 0.254 e. The van der Waals surface area contributed by atoms with Crippen LogP contribution in [0.2, 0.25) is 0 Å². The van der Waals surface area contributed by atoms with E-state index < -0.39 is 0 Å². The first kappa shape index (κ1) is 16.6. The third kappa shape index (κ3) is 4.60. The van der Waals surface area contributed by atoms with E-state index in [0.717, 1.165) is 6.42 Å². The minimum absolute atomic E-state index is 0.0138. The number of nitrogens with two attached hydrogens (primary N) is 1. The van der Waals surface area contributed by atoms with Crippen molar-refractivity contribution in [1.29, 1.82) is 0 Å². The Balaban J connectivity index is 2.92. The zero-order valence-corrected chi connectivity index (χ0v) is 13.6. The lowest BCUT2D eigenvalue weighted by atomic mass is 9.86. The van der Waals surface area contributed by atoms with Gasteiger partial charge >= 0.3 is 0 Å². The minimum Gasteiger partial charge on any atom is -0.392 e. The summed E-state index contributed by atoms with van der Waals surface area (Å²) in [5, 5.41) is 0. The zero-order valence-electron chi connectivity index (χ0n) is 12.8. The maximum atomic E-state index is 12.4. The van der Waals surface area contributed by atoms with Gasteiger partial charge in [0.2, 0.25) is 0 Å². The first-order chi connectivity index (χ1) is 9.25. The average Bonchev–Trinajstić information content (AvgIpc) is 2.36. The highest BCUT2D eigenvalue weighted by Gasteiger charge is 2.18. The molecular formula is C16H24N2OS. The Morgan fingerprint density at radius 2 is 1.80 bits per heavy atom. The Kier molecular flexibility index (Phi) is 5.69. The summed E-state index contributed by atoms with van der Waals surface area (Å²) in [5.41, 5.74) is 7.54. The van der Waals surface area contributed by atoms with E-state index in [-0.39, 0.29) is 11.3 Å². The standard InChI is InChI=1S/C16H24N2OS/c1-5-10-18(11-14(17)20)15(19)12-6-8-13(9-7-12)16(2,3)4/h6-9H,5,10-11H2,1-4H3,(H2,17,20). The number of amides is 1. The van der Waals surface area contributed by atoms with Crippen LogP contribution in [0.3, 0.4) is 0 Å². The number of carbonyl (C=O) groups excluding carboxylic acids is 1. The van der Waals surface area contributed by atoms with Gasteiger partial charge in [-0.05, 0) is 29.5 Å². The molecule has 0 fully saturated rings. The quantitative estimate of drug-likeness (QED) is 0.848. The van der Waals surface area contributed by atoms with E-state index in [0.29, 0.717) is 23.6 Å². The molecule has 0 saturated heterocycles. The Morgan fingerprint density at radius 3 is 2.20 bits per heavy atom. The lowest BCUT2D eigenvalue weighted by Crippen LogP contribution is -2.38. The summed E-state index contributed by atoms with van der Waals surface area (Å²) < 4.78 is 0. The summed E-state index contributed by atoms with van der Waals surface area (Å²) in [6.45, 7) is 9.49. The second kappa shape index (κ2) is 6.84.